The van der Waals surface area contributed by atoms with Gasteiger partial charge in [-0.05, 0) is 64.7 Å². The number of hydrogen-bond acceptors (Lipinski definition) is 5. The third-order valence-corrected chi connectivity index (χ3v) is 5.56. The van der Waals surface area contributed by atoms with Crippen LogP contribution in [0.1, 0.15) is 48.4 Å². The molecule has 3 heterocycles. The van der Waals surface area contributed by atoms with Gasteiger partial charge in [0.05, 0.1) is 5.69 Å². The Morgan fingerprint density at radius 3 is 2.48 bits per heavy atom. The SMILES string of the molecule is CCc1c(C)nn(Cc2nc(CC3CCN(C)CC3)nn2CC(=O)O)c1C. The predicted octanol–water partition coefficient (Wildman–Crippen LogP) is 1.67. The maximum absolute atomic E-state index is 11.3. The first-order valence-electron chi connectivity index (χ1n) is 9.73. The zero-order chi connectivity index (χ0) is 19.6. The van der Waals surface area contributed by atoms with E-state index in [0.29, 0.717) is 18.3 Å². The second-order valence-corrected chi connectivity index (χ2v) is 7.61. The molecule has 0 bridgehead atoms. The Bertz CT molecular complexity index is 801. The number of rotatable bonds is 7. The van der Waals surface area contributed by atoms with E-state index >= 15 is 0 Å². The highest BCUT2D eigenvalue weighted by molar-refractivity contribution is 5.66. The lowest BCUT2D eigenvalue weighted by Gasteiger charge is -2.28. The minimum Gasteiger partial charge on any atom is -0.480 e. The Balaban J connectivity index is 1.80. The zero-order valence-corrected chi connectivity index (χ0v) is 16.8. The summed E-state index contributed by atoms with van der Waals surface area (Å²) in [5, 5.41) is 18.4. The van der Waals surface area contributed by atoms with Crippen LogP contribution in [0.15, 0.2) is 0 Å². The highest BCUT2D eigenvalue weighted by Gasteiger charge is 2.21. The Morgan fingerprint density at radius 2 is 1.89 bits per heavy atom. The Morgan fingerprint density at radius 1 is 1.19 bits per heavy atom. The van der Waals surface area contributed by atoms with Crippen molar-refractivity contribution in [3.63, 3.8) is 0 Å². The number of aliphatic carboxylic acids is 1. The molecule has 1 aliphatic rings. The van der Waals surface area contributed by atoms with E-state index in [1.165, 1.54) is 10.2 Å². The minimum absolute atomic E-state index is 0.171. The molecule has 0 aromatic carbocycles. The van der Waals surface area contributed by atoms with Gasteiger partial charge in [-0.15, -0.1) is 0 Å². The summed E-state index contributed by atoms with van der Waals surface area (Å²) in [6.45, 7) is 8.65. The molecule has 0 amide bonds. The standard InChI is InChI=1S/C19H30N6O2/c1-5-16-13(2)21-24(14(16)3)11-18-20-17(22-25(18)12-19(26)27)10-15-6-8-23(4)9-7-15/h15H,5-12H2,1-4H3,(H,26,27). The van der Waals surface area contributed by atoms with Gasteiger partial charge in [0.25, 0.3) is 0 Å². The fourth-order valence-electron chi connectivity index (χ4n) is 3.94. The number of carbonyl (C=O) groups is 1. The number of likely N-dealkylation sites (tertiary alicyclic amines) is 1. The summed E-state index contributed by atoms with van der Waals surface area (Å²) in [6.07, 6.45) is 4.01. The van der Waals surface area contributed by atoms with Gasteiger partial charge in [-0.2, -0.15) is 10.2 Å². The van der Waals surface area contributed by atoms with Crippen molar-refractivity contribution in [2.24, 2.45) is 5.92 Å². The van der Waals surface area contributed by atoms with Crippen molar-refractivity contribution in [2.75, 3.05) is 20.1 Å². The number of aryl methyl sites for hydroxylation is 1. The molecule has 0 atom stereocenters. The molecule has 0 aliphatic carbocycles. The van der Waals surface area contributed by atoms with Crippen LogP contribution in [0.4, 0.5) is 0 Å². The first kappa shape index (κ1) is 19.5. The van der Waals surface area contributed by atoms with Crippen LogP contribution >= 0.6 is 0 Å². The van der Waals surface area contributed by atoms with Gasteiger partial charge >= 0.3 is 5.97 Å². The highest BCUT2D eigenvalue weighted by Crippen LogP contribution is 2.20. The van der Waals surface area contributed by atoms with Gasteiger partial charge in [-0.3, -0.25) is 9.48 Å². The predicted molar refractivity (Wildman–Crippen MR) is 102 cm³/mol. The molecule has 1 saturated heterocycles. The fraction of sp³-hybridized carbons (Fsp3) is 0.684. The van der Waals surface area contributed by atoms with E-state index in [0.717, 1.165) is 56.0 Å². The maximum Gasteiger partial charge on any atom is 0.325 e. The van der Waals surface area contributed by atoms with E-state index in [-0.39, 0.29) is 6.54 Å². The summed E-state index contributed by atoms with van der Waals surface area (Å²) in [7, 11) is 2.15. The van der Waals surface area contributed by atoms with Gasteiger partial charge in [0.2, 0.25) is 0 Å². The van der Waals surface area contributed by atoms with Gasteiger partial charge in [0.1, 0.15) is 18.9 Å². The third kappa shape index (κ3) is 4.55. The number of aromatic nitrogens is 5. The number of nitrogens with zero attached hydrogens (tertiary/aromatic N) is 6. The molecule has 2 aromatic rings. The lowest BCUT2D eigenvalue weighted by atomic mass is 9.94. The molecular weight excluding hydrogens is 344 g/mol. The summed E-state index contributed by atoms with van der Waals surface area (Å²) < 4.78 is 3.44. The van der Waals surface area contributed by atoms with E-state index in [1.54, 1.807) is 0 Å². The van der Waals surface area contributed by atoms with Crippen molar-refractivity contribution in [3.8, 4) is 0 Å². The Hall–Kier alpha value is -2.22. The van der Waals surface area contributed by atoms with Crippen LogP contribution < -0.4 is 0 Å². The molecule has 27 heavy (non-hydrogen) atoms. The average molecular weight is 374 g/mol. The maximum atomic E-state index is 11.3. The van der Waals surface area contributed by atoms with Crippen molar-refractivity contribution in [3.05, 3.63) is 28.6 Å². The van der Waals surface area contributed by atoms with Crippen molar-refractivity contribution >= 4 is 5.97 Å². The van der Waals surface area contributed by atoms with E-state index < -0.39 is 5.97 Å². The summed E-state index contributed by atoms with van der Waals surface area (Å²) in [4.78, 5) is 18.3. The van der Waals surface area contributed by atoms with Crippen LogP contribution in [0.3, 0.4) is 0 Å². The van der Waals surface area contributed by atoms with Crippen molar-refractivity contribution in [1.82, 2.24) is 29.4 Å². The summed E-state index contributed by atoms with van der Waals surface area (Å²) in [5.74, 6) is 1.07. The molecule has 8 nitrogen and oxygen atoms in total. The lowest BCUT2D eigenvalue weighted by molar-refractivity contribution is -0.137. The second kappa shape index (κ2) is 8.21. The summed E-state index contributed by atoms with van der Waals surface area (Å²) in [5.41, 5.74) is 3.37. The molecule has 1 aliphatic heterocycles. The lowest BCUT2D eigenvalue weighted by Crippen LogP contribution is -2.31. The molecule has 148 valence electrons. The molecule has 1 fully saturated rings. The molecule has 0 radical (unpaired) electrons. The van der Waals surface area contributed by atoms with E-state index in [9.17, 15) is 9.90 Å². The van der Waals surface area contributed by atoms with E-state index in [1.807, 2.05) is 11.6 Å². The van der Waals surface area contributed by atoms with Crippen LogP contribution in [0.25, 0.3) is 0 Å². The Kier molecular flexibility index (Phi) is 5.94. The van der Waals surface area contributed by atoms with Crippen LogP contribution in [-0.2, 0) is 30.7 Å². The van der Waals surface area contributed by atoms with Gasteiger partial charge in [-0.1, -0.05) is 6.92 Å². The molecule has 1 N–H and O–H groups in total. The zero-order valence-electron chi connectivity index (χ0n) is 16.8. The molecular formula is C19H30N6O2. The quantitative estimate of drug-likeness (QED) is 0.793. The second-order valence-electron chi connectivity index (χ2n) is 7.61. The van der Waals surface area contributed by atoms with Crippen LogP contribution in [-0.4, -0.2) is 60.7 Å². The smallest absolute Gasteiger partial charge is 0.325 e. The first-order chi connectivity index (χ1) is 12.9. The number of carboxylic acids is 1. The average Bonchev–Trinajstić information content (AvgIpc) is 3.09. The number of piperidine rings is 1. The van der Waals surface area contributed by atoms with Gasteiger partial charge in [0, 0.05) is 12.1 Å². The van der Waals surface area contributed by atoms with Gasteiger partial charge < -0.3 is 10.0 Å². The molecule has 8 heteroatoms. The Labute approximate surface area is 160 Å². The summed E-state index contributed by atoms with van der Waals surface area (Å²) in [6, 6.07) is 0. The largest absolute Gasteiger partial charge is 0.480 e. The van der Waals surface area contributed by atoms with Gasteiger partial charge in [0.15, 0.2) is 5.82 Å². The van der Waals surface area contributed by atoms with Crippen LogP contribution in [0.2, 0.25) is 0 Å². The van der Waals surface area contributed by atoms with Crippen molar-refractivity contribution < 1.29 is 9.90 Å². The van der Waals surface area contributed by atoms with E-state index in [4.69, 9.17) is 4.98 Å². The third-order valence-electron chi connectivity index (χ3n) is 5.56. The summed E-state index contributed by atoms with van der Waals surface area (Å²) >= 11 is 0. The van der Waals surface area contributed by atoms with Crippen LogP contribution in [0.5, 0.6) is 0 Å². The van der Waals surface area contributed by atoms with Crippen molar-refractivity contribution in [1.29, 1.82) is 0 Å². The van der Waals surface area contributed by atoms with E-state index in [2.05, 4.69) is 36.0 Å². The van der Waals surface area contributed by atoms with Crippen molar-refractivity contribution in [2.45, 2.75) is 59.5 Å². The molecule has 0 saturated carbocycles. The van der Waals surface area contributed by atoms with Gasteiger partial charge in [-0.25, -0.2) is 9.67 Å². The van der Waals surface area contributed by atoms with Crippen LogP contribution in [0, 0.1) is 19.8 Å². The minimum atomic E-state index is -0.908. The molecule has 3 rings (SSSR count). The highest BCUT2D eigenvalue weighted by atomic mass is 16.4. The molecule has 2 aromatic heterocycles. The number of hydrogen-bond donors (Lipinski definition) is 1. The molecule has 0 spiro atoms. The first-order valence-corrected chi connectivity index (χ1v) is 9.73. The molecule has 0 unspecified atom stereocenters. The number of carboxylic acid groups (broad SMARTS) is 1. The topological polar surface area (TPSA) is 89.1 Å². The monoisotopic (exact) mass is 374 g/mol. The fourth-order valence-corrected chi connectivity index (χ4v) is 3.94. The normalized spacial score (nSPS) is 16.1.